The Bertz CT molecular complexity index is 1050. The van der Waals surface area contributed by atoms with Crippen LogP contribution in [0.4, 0.5) is 8.78 Å². The summed E-state index contributed by atoms with van der Waals surface area (Å²) in [5.74, 6) is -1.36. The lowest BCUT2D eigenvalue weighted by Gasteiger charge is -2.32. The van der Waals surface area contributed by atoms with Gasteiger partial charge in [0.1, 0.15) is 11.6 Å². The number of nitrogens with one attached hydrogen (secondary N) is 1. The Kier molecular flexibility index (Phi) is 6.63. The molecule has 1 amide bonds. The number of hydrogen-bond donors (Lipinski definition) is 1. The van der Waals surface area contributed by atoms with Gasteiger partial charge in [0, 0.05) is 30.2 Å². The van der Waals surface area contributed by atoms with Crippen molar-refractivity contribution in [2.24, 2.45) is 5.92 Å². The van der Waals surface area contributed by atoms with E-state index in [4.69, 9.17) is 16.1 Å². The van der Waals surface area contributed by atoms with Crippen LogP contribution in [0.1, 0.15) is 28.9 Å². The predicted octanol–water partition coefficient (Wildman–Crippen LogP) is 4.92. The molecule has 0 spiro atoms. The topological polar surface area (TPSA) is 58.4 Å². The van der Waals surface area contributed by atoms with Crippen LogP contribution in [-0.4, -0.2) is 35.6 Å². The summed E-state index contributed by atoms with van der Waals surface area (Å²) in [6.07, 6.45) is 1.97. The van der Waals surface area contributed by atoms with E-state index in [-0.39, 0.29) is 22.9 Å². The van der Waals surface area contributed by atoms with Crippen molar-refractivity contribution >= 4 is 17.5 Å². The van der Waals surface area contributed by atoms with Crippen LogP contribution >= 0.6 is 11.6 Å². The first kappa shape index (κ1) is 21.5. The van der Waals surface area contributed by atoms with Crippen molar-refractivity contribution in [2.45, 2.75) is 19.4 Å². The molecule has 1 aliphatic heterocycles. The second-order valence-corrected chi connectivity index (χ2v) is 8.19. The molecule has 1 saturated heterocycles. The summed E-state index contributed by atoms with van der Waals surface area (Å²) in [4.78, 5) is 14.8. The first-order chi connectivity index (χ1) is 15.0. The fraction of sp³-hybridized carbons (Fsp3) is 0.304. The fourth-order valence-electron chi connectivity index (χ4n) is 3.72. The number of rotatable bonds is 6. The van der Waals surface area contributed by atoms with Crippen LogP contribution in [0.3, 0.4) is 0 Å². The van der Waals surface area contributed by atoms with E-state index < -0.39 is 11.6 Å². The number of benzene rings is 2. The maximum Gasteiger partial charge on any atom is 0.273 e. The Morgan fingerprint density at radius 3 is 2.58 bits per heavy atom. The Hall–Kier alpha value is -2.77. The van der Waals surface area contributed by atoms with Crippen molar-refractivity contribution in [3.63, 3.8) is 0 Å². The number of piperidine rings is 1. The van der Waals surface area contributed by atoms with Gasteiger partial charge in [-0.25, -0.2) is 8.78 Å². The zero-order valence-corrected chi connectivity index (χ0v) is 17.5. The summed E-state index contributed by atoms with van der Waals surface area (Å²) < 4.78 is 32.0. The van der Waals surface area contributed by atoms with Crippen molar-refractivity contribution < 1.29 is 18.1 Å². The smallest absolute Gasteiger partial charge is 0.273 e. The summed E-state index contributed by atoms with van der Waals surface area (Å²) in [7, 11) is 0. The number of nitrogens with zero attached hydrogens (tertiary/aromatic N) is 2. The van der Waals surface area contributed by atoms with Gasteiger partial charge in [-0.1, -0.05) is 28.9 Å². The van der Waals surface area contributed by atoms with Gasteiger partial charge in [0.15, 0.2) is 11.5 Å². The molecule has 4 rings (SSSR count). The van der Waals surface area contributed by atoms with E-state index in [1.807, 2.05) is 24.3 Å². The van der Waals surface area contributed by atoms with Gasteiger partial charge in [-0.2, -0.15) is 0 Å². The summed E-state index contributed by atoms with van der Waals surface area (Å²) in [5, 5.41) is 7.34. The molecule has 8 heteroatoms. The normalized spacial score (nSPS) is 15.2. The third kappa shape index (κ3) is 5.48. The van der Waals surface area contributed by atoms with Gasteiger partial charge < -0.3 is 9.84 Å². The SMILES string of the molecule is O=C(NCC1CCN(Cc2ccc(Cl)cc2)CC1)c1cc(-c2ccc(F)cc2F)on1. The standard InChI is InChI=1S/C23H22ClF2N3O2/c24-17-3-1-16(2-4-17)14-29-9-7-15(8-10-29)13-27-23(30)21-12-22(31-28-21)19-6-5-18(25)11-20(19)26/h1-6,11-12,15H,7-10,13-14H2,(H,27,30). The molecule has 0 radical (unpaired) electrons. The van der Waals surface area contributed by atoms with Crippen LogP contribution < -0.4 is 5.32 Å². The Labute approximate surface area is 184 Å². The van der Waals surface area contributed by atoms with Gasteiger partial charge in [-0.15, -0.1) is 0 Å². The molecule has 0 unspecified atom stereocenters. The molecule has 1 N–H and O–H groups in total. The van der Waals surface area contributed by atoms with Crippen molar-refractivity contribution in [2.75, 3.05) is 19.6 Å². The second kappa shape index (κ2) is 9.58. The highest BCUT2D eigenvalue weighted by molar-refractivity contribution is 6.30. The monoisotopic (exact) mass is 445 g/mol. The number of aromatic nitrogens is 1. The number of likely N-dealkylation sites (tertiary alicyclic amines) is 1. The molecular weight excluding hydrogens is 424 g/mol. The second-order valence-electron chi connectivity index (χ2n) is 7.76. The van der Waals surface area contributed by atoms with Gasteiger partial charge in [0.2, 0.25) is 0 Å². The van der Waals surface area contributed by atoms with E-state index in [0.29, 0.717) is 12.5 Å². The third-order valence-corrected chi connectivity index (χ3v) is 5.77. The van der Waals surface area contributed by atoms with Crippen molar-refractivity contribution in [3.05, 3.63) is 76.4 Å². The molecule has 2 heterocycles. The zero-order valence-electron chi connectivity index (χ0n) is 16.8. The maximum atomic E-state index is 13.9. The quantitative estimate of drug-likeness (QED) is 0.585. The van der Waals surface area contributed by atoms with E-state index >= 15 is 0 Å². The van der Waals surface area contributed by atoms with Gasteiger partial charge in [-0.05, 0) is 61.7 Å². The van der Waals surface area contributed by atoms with E-state index in [9.17, 15) is 13.6 Å². The van der Waals surface area contributed by atoms with Crippen LogP contribution in [0.15, 0.2) is 53.1 Å². The van der Waals surface area contributed by atoms with Crippen molar-refractivity contribution in [1.29, 1.82) is 0 Å². The minimum Gasteiger partial charge on any atom is -0.355 e. The first-order valence-electron chi connectivity index (χ1n) is 10.1. The molecule has 1 aromatic heterocycles. The van der Waals surface area contributed by atoms with Crippen LogP contribution in [0, 0.1) is 17.6 Å². The Morgan fingerprint density at radius 1 is 1.13 bits per heavy atom. The lowest BCUT2D eigenvalue weighted by atomic mass is 9.96. The van der Waals surface area contributed by atoms with E-state index in [0.717, 1.165) is 49.6 Å². The average Bonchev–Trinajstić information content (AvgIpc) is 3.25. The summed E-state index contributed by atoms with van der Waals surface area (Å²) in [6, 6.07) is 12.4. The molecule has 3 aromatic rings. The maximum absolute atomic E-state index is 13.9. The Balaban J connectivity index is 1.25. The van der Waals surface area contributed by atoms with E-state index in [1.165, 1.54) is 17.7 Å². The number of halogens is 3. The minimum atomic E-state index is -0.770. The zero-order chi connectivity index (χ0) is 21.8. The molecule has 0 saturated carbocycles. The molecule has 0 atom stereocenters. The molecule has 162 valence electrons. The first-order valence-corrected chi connectivity index (χ1v) is 10.5. The largest absolute Gasteiger partial charge is 0.355 e. The Morgan fingerprint density at radius 2 is 1.87 bits per heavy atom. The van der Waals surface area contributed by atoms with E-state index in [2.05, 4.69) is 15.4 Å². The molecule has 1 fully saturated rings. The van der Waals surface area contributed by atoms with Gasteiger partial charge >= 0.3 is 0 Å². The molecule has 31 heavy (non-hydrogen) atoms. The van der Waals surface area contributed by atoms with Gasteiger partial charge in [0.25, 0.3) is 5.91 Å². The molecule has 5 nitrogen and oxygen atoms in total. The minimum absolute atomic E-state index is 0.0565. The molecule has 1 aliphatic rings. The van der Waals surface area contributed by atoms with Crippen molar-refractivity contribution in [3.8, 4) is 11.3 Å². The average molecular weight is 446 g/mol. The number of carbonyl (C=O) groups is 1. The van der Waals surface area contributed by atoms with Crippen LogP contribution in [0.25, 0.3) is 11.3 Å². The molecular formula is C23H22ClF2N3O2. The van der Waals surface area contributed by atoms with E-state index in [1.54, 1.807) is 0 Å². The summed E-state index contributed by atoms with van der Waals surface area (Å²) in [5.41, 5.74) is 1.36. The number of amides is 1. The van der Waals surface area contributed by atoms with Gasteiger partial charge in [-0.3, -0.25) is 9.69 Å². The van der Waals surface area contributed by atoms with Crippen LogP contribution in [0.2, 0.25) is 5.02 Å². The molecule has 2 aromatic carbocycles. The highest BCUT2D eigenvalue weighted by atomic mass is 35.5. The van der Waals surface area contributed by atoms with Crippen LogP contribution in [0.5, 0.6) is 0 Å². The summed E-state index contributed by atoms with van der Waals surface area (Å²) in [6.45, 7) is 3.35. The lowest BCUT2D eigenvalue weighted by Crippen LogP contribution is -2.38. The highest BCUT2D eigenvalue weighted by Gasteiger charge is 2.21. The number of carbonyl (C=O) groups excluding carboxylic acids is 1. The highest BCUT2D eigenvalue weighted by Crippen LogP contribution is 2.24. The molecule has 0 bridgehead atoms. The predicted molar refractivity (Wildman–Crippen MR) is 114 cm³/mol. The van der Waals surface area contributed by atoms with Gasteiger partial charge in [0.05, 0.1) is 5.56 Å². The molecule has 0 aliphatic carbocycles. The number of hydrogen-bond acceptors (Lipinski definition) is 4. The third-order valence-electron chi connectivity index (χ3n) is 5.52. The van der Waals surface area contributed by atoms with Crippen molar-refractivity contribution in [1.82, 2.24) is 15.4 Å². The van der Waals surface area contributed by atoms with Crippen LogP contribution in [-0.2, 0) is 6.54 Å². The fourth-order valence-corrected chi connectivity index (χ4v) is 3.85. The lowest BCUT2D eigenvalue weighted by molar-refractivity contribution is 0.0926. The summed E-state index contributed by atoms with van der Waals surface area (Å²) >= 11 is 5.93.